The summed E-state index contributed by atoms with van der Waals surface area (Å²) in [6.07, 6.45) is 2.87. The number of carbonyl (C=O) groups excluding carboxylic acids is 3. The molecular weight excluding hydrogens is 442 g/mol. The molecule has 0 saturated carbocycles. The Morgan fingerprint density at radius 1 is 1.15 bits per heavy atom. The maximum atomic E-state index is 12.2. The maximum Gasteiger partial charge on any atom is 0.251 e. The van der Waals surface area contributed by atoms with Crippen molar-refractivity contribution in [2.24, 2.45) is 0 Å². The summed E-state index contributed by atoms with van der Waals surface area (Å²) in [6.45, 7) is 1.98. The molecule has 0 atom stereocenters. The lowest BCUT2D eigenvalue weighted by Crippen LogP contribution is -2.24. The van der Waals surface area contributed by atoms with Crippen LogP contribution in [0.3, 0.4) is 0 Å². The molecule has 0 unspecified atom stereocenters. The number of Topliss-reactive ketones (excluding diaryl/α,β-unsaturated/α-hetero) is 1. The highest BCUT2D eigenvalue weighted by Gasteiger charge is 2.21. The molecule has 2 amide bonds. The number of nitrogens with one attached hydrogen (secondary N) is 3. The van der Waals surface area contributed by atoms with Crippen molar-refractivity contribution in [2.75, 3.05) is 17.2 Å². The van der Waals surface area contributed by atoms with Crippen LogP contribution in [0.25, 0.3) is 11.3 Å². The first-order chi connectivity index (χ1) is 15.9. The first kappa shape index (κ1) is 22.4. The van der Waals surface area contributed by atoms with E-state index in [2.05, 4.69) is 25.9 Å². The normalized spacial score (nSPS) is 12.1. The van der Waals surface area contributed by atoms with Gasteiger partial charge in [0.05, 0.1) is 17.8 Å². The van der Waals surface area contributed by atoms with Crippen molar-refractivity contribution in [1.29, 1.82) is 0 Å². The van der Waals surface area contributed by atoms with E-state index in [0.29, 0.717) is 53.0 Å². The lowest BCUT2D eigenvalue weighted by Gasteiger charge is -2.11. The molecule has 8 nitrogen and oxygen atoms in total. The SMILES string of the molecule is CC(=O)CCCNC(=O)c1ccc(Nc2ncc3c(n2)-c2ccc(Cl)cc2NC(=O)C3)cc1. The molecule has 1 aromatic heterocycles. The minimum atomic E-state index is -0.196. The Kier molecular flexibility index (Phi) is 6.65. The zero-order valence-electron chi connectivity index (χ0n) is 17.9. The highest BCUT2D eigenvalue weighted by atomic mass is 35.5. The van der Waals surface area contributed by atoms with Gasteiger partial charge in [-0.25, -0.2) is 9.97 Å². The van der Waals surface area contributed by atoms with Gasteiger partial charge in [-0.2, -0.15) is 0 Å². The smallest absolute Gasteiger partial charge is 0.251 e. The second-order valence-corrected chi connectivity index (χ2v) is 8.18. The van der Waals surface area contributed by atoms with Crippen LogP contribution in [-0.2, 0) is 16.0 Å². The van der Waals surface area contributed by atoms with E-state index in [9.17, 15) is 14.4 Å². The third kappa shape index (κ3) is 5.53. The molecule has 168 valence electrons. The fraction of sp³-hybridized carbons (Fsp3) is 0.208. The summed E-state index contributed by atoms with van der Waals surface area (Å²) in [5.74, 6) is 0.121. The van der Waals surface area contributed by atoms with E-state index in [1.165, 1.54) is 6.92 Å². The number of fused-ring (bicyclic) bond motifs is 3. The predicted molar refractivity (Wildman–Crippen MR) is 127 cm³/mol. The lowest BCUT2D eigenvalue weighted by molar-refractivity contribution is -0.117. The monoisotopic (exact) mass is 463 g/mol. The third-order valence-corrected chi connectivity index (χ3v) is 5.36. The molecule has 2 heterocycles. The van der Waals surface area contributed by atoms with Crippen LogP contribution >= 0.6 is 11.6 Å². The Morgan fingerprint density at radius 3 is 2.70 bits per heavy atom. The molecule has 0 spiro atoms. The van der Waals surface area contributed by atoms with Gasteiger partial charge in [0.1, 0.15) is 5.78 Å². The number of halogens is 1. The van der Waals surface area contributed by atoms with E-state index in [4.69, 9.17) is 11.6 Å². The minimum Gasteiger partial charge on any atom is -0.352 e. The average Bonchev–Trinajstić information content (AvgIpc) is 2.91. The molecule has 0 radical (unpaired) electrons. The van der Waals surface area contributed by atoms with Crippen molar-refractivity contribution in [3.8, 4) is 11.3 Å². The van der Waals surface area contributed by atoms with E-state index in [1.807, 2.05) is 6.07 Å². The van der Waals surface area contributed by atoms with E-state index in [-0.39, 0.29) is 24.0 Å². The topological polar surface area (TPSA) is 113 Å². The minimum absolute atomic E-state index is 0.106. The van der Waals surface area contributed by atoms with Crippen LogP contribution in [0.4, 0.5) is 17.3 Å². The largest absolute Gasteiger partial charge is 0.352 e. The lowest BCUT2D eigenvalue weighted by atomic mass is 10.1. The van der Waals surface area contributed by atoms with Gasteiger partial charge in [0.15, 0.2) is 0 Å². The number of hydrogen-bond donors (Lipinski definition) is 3. The molecule has 1 aliphatic rings. The van der Waals surface area contributed by atoms with Gasteiger partial charge in [-0.15, -0.1) is 0 Å². The Balaban J connectivity index is 1.48. The Bertz CT molecular complexity index is 1230. The number of nitrogens with zero attached hydrogens (tertiary/aromatic N) is 2. The molecule has 3 N–H and O–H groups in total. The van der Waals surface area contributed by atoms with Crippen molar-refractivity contribution >= 4 is 46.5 Å². The number of benzene rings is 2. The van der Waals surface area contributed by atoms with Crippen LogP contribution in [0.2, 0.25) is 5.02 Å². The van der Waals surface area contributed by atoms with E-state index in [1.54, 1.807) is 42.6 Å². The van der Waals surface area contributed by atoms with Crippen molar-refractivity contribution in [2.45, 2.75) is 26.2 Å². The van der Waals surface area contributed by atoms with Crippen molar-refractivity contribution in [1.82, 2.24) is 15.3 Å². The number of aromatic nitrogens is 2. The third-order valence-electron chi connectivity index (χ3n) is 5.12. The number of carbonyl (C=O) groups is 3. The van der Waals surface area contributed by atoms with Crippen LogP contribution in [0.5, 0.6) is 0 Å². The Morgan fingerprint density at radius 2 is 1.94 bits per heavy atom. The van der Waals surface area contributed by atoms with Gasteiger partial charge in [0.25, 0.3) is 5.91 Å². The quantitative estimate of drug-likeness (QED) is 0.454. The summed E-state index contributed by atoms with van der Waals surface area (Å²) in [6, 6.07) is 12.2. The predicted octanol–water partition coefficient (Wildman–Crippen LogP) is 4.13. The van der Waals surface area contributed by atoms with Gasteiger partial charge in [-0.05, 0) is 55.8 Å². The van der Waals surface area contributed by atoms with Gasteiger partial charge in [-0.1, -0.05) is 11.6 Å². The van der Waals surface area contributed by atoms with Crippen molar-refractivity contribution in [3.63, 3.8) is 0 Å². The summed E-state index contributed by atoms with van der Waals surface area (Å²) >= 11 is 6.09. The number of hydrogen-bond acceptors (Lipinski definition) is 6. The van der Waals surface area contributed by atoms with Gasteiger partial charge in [0.2, 0.25) is 11.9 Å². The van der Waals surface area contributed by atoms with Gasteiger partial charge >= 0.3 is 0 Å². The van der Waals surface area contributed by atoms with Crippen LogP contribution in [0.15, 0.2) is 48.7 Å². The van der Waals surface area contributed by atoms with Crippen LogP contribution < -0.4 is 16.0 Å². The zero-order valence-corrected chi connectivity index (χ0v) is 18.7. The number of rotatable bonds is 7. The molecule has 9 heteroatoms. The molecule has 0 aliphatic carbocycles. The Labute approximate surface area is 195 Å². The molecule has 1 aliphatic heterocycles. The highest BCUT2D eigenvalue weighted by Crippen LogP contribution is 2.34. The fourth-order valence-corrected chi connectivity index (χ4v) is 3.67. The second kappa shape index (κ2) is 9.79. The highest BCUT2D eigenvalue weighted by molar-refractivity contribution is 6.31. The summed E-state index contributed by atoms with van der Waals surface area (Å²) in [5, 5.41) is 9.31. The first-order valence-corrected chi connectivity index (χ1v) is 10.9. The first-order valence-electron chi connectivity index (χ1n) is 10.5. The molecule has 0 bridgehead atoms. The molecule has 0 saturated heterocycles. The van der Waals surface area contributed by atoms with Gasteiger partial charge in [0, 0.05) is 46.6 Å². The van der Waals surface area contributed by atoms with E-state index < -0.39 is 0 Å². The molecule has 2 aromatic carbocycles. The summed E-state index contributed by atoms with van der Waals surface area (Å²) in [4.78, 5) is 44.4. The van der Waals surface area contributed by atoms with Crippen molar-refractivity contribution in [3.05, 3.63) is 64.8 Å². The molecule has 33 heavy (non-hydrogen) atoms. The molecule has 3 aromatic rings. The fourth-order valence-electron chi connectivity index (χ4n) is 3.50. The van der Waals surface area contributed by atoms with Crippen LogP contribution in [-0.4, -0.2) is 34.1 Å². The number of amides is 2. The van der Waals surface area contributed by atoms with Crippen LogP contribution in [0.1, 0.15) is 35.7 Å². The molecule has 4 rings (SSSR count). The zero-order chi connectivity index (χ0) is 23.4. The van der Waals surface area contributed by atoms with Crippen LogP contribution in [0, 0.1) is 0 Å². The number of anilines is 3. The van der Waals surface area contributed by atoms with E-state index >= 15 is 0 Å². The average molecular weight is 464 g/mol. The summed E-state index contributed by atoms with van der Waals surface area (Å²) < 4.78 is 0. The number of ketones is 1. The maximum absolute atomic E-state index is 12.2. The molecule has 0 fully saturated rings. The van der Waals surface area contributed by atoms with Gasteiger partial charge < -0.3 is 20.7 Å². The van der Waals surface area contributed by atoms with E-state index in [0.717, 1.165) is 11.1 Å². The van der Waals surface area contributed by atoms with Gasteiger partial charge in [-0.3, -0.25) is 9.59 Å². The Hall–Kier alpha value is -3.78. The molecular formula is C24H22ClN5O3. The second-order valence-electron chi connectivity index (χ2n) is 7.75. The van der Waals surface area contributed by atoms with Crippen molar-refractivity contribution < 1.29 is 14.4 Å². The summed E-state index contributed by atoms with van der Waals surface area (Å²) in [7, 11) is 0. The summed E-state index contributed by atoms with van der Waals surface area (Å²) in [5.41, 5.74) is 3.97. The standard InChI is InChI=1S/C24H22ClN5O3/c1-14(31)3-2-10-26-23(33)15-4-7-18(8-5-15)28-24-27-13-16-11-21(32)29-20-12-17(25)6-9-19(20)22(16)30-24/h4-9,12-13H,2-3,10-11H2,1H3,(H,26,33)(H,29,32)(H,27,28,30).